The first-order chi connectivity index (χ1) is 17.9. The summed E-state index contributed by atoms with van der Waals surface area (Å²) in [6.07, 6.45) is 0. The molecule has 1 aliphatic rings. The smallest absolute Gasteiger partial charge is 0.301 e. The molecule has 1 atom stereocenters. The molecule has 1 saturated heterocycles. The number of hydrogen-bond acceptors (Lipinski definition) is 8. The van der Waals surface area contributed by atoms with Crippen LogP contribution in [-0.2, 0) is 9.59 Å². The first-order valence-electron chi connectivity index (χ1n) is 11.1. The van der Waals surface area contributed by atoms with Crippen molar-refractivity contribution >= 4 is 44.1 Å². The maximum atomic E-state index is 13.6. The largest absolute Gasteiger partial charge is 0.507 e. The van der Waals surface area contributed by atoms with E-state index in [2.05, 4.69) is 4.98 Å². The number of aromatic nitrogens is 1. The van der Waals surface area contributed by atoms with E-state index in [1.807, 2.05) is 0 Å². The number of halogens is 1. The Morgan fingerprint density at radius 2 is 1.62 bits per heavy atom. The predicted octanol–water partition coefficient (Wildman–Crippen LogP) is 5.09. The van der Waals surface area contributed by atoms with Crippen LogP contribution >= 0.6 is 11.3 Å². The predicted molar refractivity (Wildman–Crippen MR) is 137 cm³/mol. The molecular weight excluding hydrogens is 499 g/mol. The van der Waals surface area contributed by atoms with Crippen LogP contribution in [0.3, 0.4) is 0 Å². The number of carbonyl (C=O) groups is 2. The van der Waals surface area contributed by atoms with Crippen LogP contribution < -0.4 is 19.1 Å². The molecule has 0 saturated carbocycles. The van der Waals surface area contributed by atoms with E-state index in [9.17, 15) is 19.1 Å². The number of Topliss-reactive ketones (excluding diaryl/α,β-unsaturated/α-hetero) is 1. The first kappa shape index (κ1) is 24.3. The summed E-state index contributed by atoms with van der Waals surface area (Å²) in [5.41, 5.74) is 1.01. The molecule has 5 rings (SSSR count). The molecule has 37 heavy (non-hydrogen) atoms. The average Bonchev–Trinajstić information content (AvgIpc) is 3.45. The van der Waals surface area contributed by atoms with Crippen molar-refractivity contribution < 1.29 is 33.3 Å². The van der Waals surface area contributed by atoms with E-state index in [0.717, 1.165) is 16.8 Å². The molecule has 1 aromatic heterocycles. The maximum Gasteiger partial charge on any atom is 0.301 e. The SMILES string of the molecule is COc1ccc(OC)c([C@@H]2/C(=C(\O)c3ccc(F)cc3)C(=O)C(=O)N2c2nc3ccc(OC)cc3s2)c1. The number of carbonyl (C=O) groups excluding carboxylic acids is 2. The highest BCUT2D eigenvalue weighted by atomic mass is 32.1. The number of thiazole rings is 1. The lowest BCUT2D eigenvalue weighted by atomic mass is 9.94. The Balaban J connectivity index is 1.77. The van der Waals surface area contributed by atoms with Crippen LogP contribution in [0.25, 0.3) is 16.0 Å². The van der Waals surface area contributed by atoms with Gasteiger partial charge in [0, 0.05) is 11.1 Å². The van der Waals surface area contributed by atoms with Crippen LogP contribution in [0.2, 0.25) is 0 Å². The fraction of sp³-hybridized carbons (Fsp3) is 0.148. The van der Waals surface area contributed by atoms with E-state index in [1.165, 1.54) is 42.6 Å². The van der Waals surface area contributed by atoms with Crippen LogP contribution in [0, 0.1) is 5.82 Å². The van der Waals surface area contributed by atoms with Gasteiger partial charge in [-0.2, -0.15) is 0 Å². The van der Waals surface area contributed by atoms with Crippen molar-refractivity contribution in [2.45, 2.75) is 6.04 Å². The fourth-order valence-electron chi connectivity index (χ4n) is 4.26. The van der Waals surface area contributed by atoms with Crippen LogP contribution in [0.5, 0.6) is 17.2 Å². The maximum absolute atomic E-state index is 13.6. The molecule has 188 valence electrons. The minimum Gasteiger partial charge on any atom is -0.507 e. The number of ether oxygens (including phenoxy) is 3. The second-order valence-corrected chi connectivity index (χ2v) is 9.12. The Morgan fingerprint density at radius 3 is 2.30 bits per heavy atom. The van der Waals surface area contributed by atoms with Crippen molar-refractivity contribution in [3.8, 4) is 17.2 Å². The molecule has 1 fully saturated rings. The number of aliphatic hydroxyl groups is 1. The highest BCUT2D eigenvalue weighted by Gasteiger charge is 2.49. The quantitative estimate of drug-likeness (QED) is 0.215. The molecule has 0 bridgehead atoms. The Bertz CT molecular complexity index is 1560. The van der Waals surface area contributed by atoms with E-state index in [4.69, 9.17) is 14.2 Å². The summed E-state index contributed by atoms with van der Waals surface area (Å²) < 4.78 is 30.5. The standard InChI is InChI=1S/C27H21FN2O6S/c1-34-16-9-11-20(36-3)18(12-16)23-22(24(31)14-4-6-15(28)7-5-14)25(32)26(33)30(23)27-29-19-10-8-17(35-2)13-21(19)37-27/h4-13,23,31H,1-3H3/b24-22+/t23-/m1/s1. The molecule has 4 aromatic rings. The molecule has 10 heteroatoms. The average molecular weight is 521 g/mol. The summed E-state index contributed by atoms with van der Waals surface area (Å²) in [5, 5.41) is 11.5. The van der Waals surface area contributed by atoms with Crippen LogP contribution in [0.15, 0.2) is 66.2 Å². The summed E-state index contributed by atoms with van der Waals surface area (Å²) in [7, 11) is 4.50. The van der Waals surface area contributed by atoms with Gasteiger partial charge in [0.15, 0.2) is 5.13 Å². The third-order valence-corrected chi connectivity index (χ3v) is 7.10. The molecule has 0 aliphatic carbocycles. The van der Waals surface area contributed by atoms with Gasteiger partial charge in [-0.1, -0.05) is 11.3 Å². The molecule has 2 heterocycles. The molecule has 1 aliphatic heterocycles. The Morgan fingerprint density at radius 1 is 0.946 bits per heavy atom. The van der Waals surface area contributed by atoms with Gasteiger partial charge in [-0.25, -0.2) is 9.37 Å². The summed E-state index contributed by atoms with van der Waals surface area (Å²) in [5.74, 6) is -1.29. The number of benzene rings is 3. The fourth-order valence-corrected chi connectivity index (χ4v) is 5.28. The Hall–Kier alpha value is -4.44. The lowest BCUT2D eigenvalue weighted by Gasteiger charge is -2.25. The molecule has 0 unspecified atom stereocenters. The van der Waals surface area contributed by atoms with E-state index < -0.39 is 29.3 Å². The summed E-state index contributed by atoms with van der Waals surface area (Å²) >= 11 is 1.20. The van der Waals surface area contributed by atoms with Gasteiger partial charge >= 0.3 is 5.91 Å². The van der Waals surface area contributed by atoms with Gasteiger partial charge in [0.25, 0.3) is 5.78 Å². The number of amides is 1. The summed E-state index contributed by atoms with van der Waals surface area (Å²) in [6.45, 7) is 0. The van der Waals surface area contributed by atoms with E-state index in [0.29, 0.717) is 28.3 Å². The number of methoxy groups -OCH3 is 3. The van der Waals surface area contributed by atoms with Crippen LogP contribution in [-0.4, -0.2) is 43.1 Å². The number of fused-ring (bicyclic) bond motifs is 1. The zero-order valence-corrected chi connectivity index (χ0v) is 20.8. The van der Waals surface area contributed by atoms with Gasteiger partial charge in [0.2, 0.25) is 0 Å². The summed E-state index contributed by atoms with van der Waals surface area (Å²) in [4.78, 5) is 32.7. The minimum absolute atomic E-state index is 0.181. The van der Waals surface area contributed by atoms with Gasteiger partial charge in [-0.3, -0.25) is 14.5 Å². The van der Waals surface area contributed by atoms with Gasteiger partial charge < -0.3 is 19.3 Å². The van der Waals surface area contributed by atoms with E-state index >= 15 is 0 Å². The summed E-state index contributed by atoms with van der Waals surface area (Å²) in [6, 6.07) is 14.1. The van der Waals surface area contributed by atoms with Crippen LogP contribution in [0.4, 0.5) is 9.52 Å². The second-order valence-electron chi connectivity index (χ2n) is 8.11. The van der Waals surface area contributed by atoms with E-state index in [1.54, 1.807) is 43.5 Å². The van der Waals surface area contributed by atoms with Crippen molar-refractivity contribution in [2.24, 2.45) is 0 Å². The number of nitrogens with zero attached hydrogens (tertiary/aromatic N) is 2. The molecular formula is C27H21FN2O6S. The van der Waals surface area contributed by atoms with Crippen LogP contribution in [0.1, 0.15) is 17.2 Å². The van der Waals surface area contributed by atoms with Crippen molar-refractivity contribution in [1.29, 1.82) is 0 Å². The van der Waals surface area contributed by atoms with Crippen molar-refractivity contribution in [2.75, 3.05) is 26.2 Å². The van der Waals surface area contributed by atoms with Crippen molar-refractivity contribution in [3.63, 3.8) is 0 Å². The topological polar surface area (TPSA) is 98.2 Å². The number of anilines is 1. The molecule has 8 nitrogen and oxygen atoms in total. The first-order valence-corrected chi connectivity index (χ1v) is 11.9. The minimum atomic E-state index is -1.10. The van der Waals surface area contributed by atoms with Crippen molar-refractivity contribution in [1.82, 2.24) is 4.98 Å². The molecule has 0 radical (unpaired) electrons. The molecule has 0 spiro atoms. The number of hydrogen-bond donors (Lipinski definition) is 1. The molecule has 1 amide bonds. The zero-order chi connectivity index (χ0) is 26.3. The highest BCUT2D eigenvalue weighted by Crippen LogP contribution is 2.47. The third kappa shape index (κ3) is 4.15. The van der Waals surface area contributed by atoms with Gasteiger partial charge in [-0.15, -0.1) is 0 Å². The lowest BCUT2D eigenvalue weighted by molar-refractivity contribution is -0.132. The molecule has 3 aromatic carbocycles. The Kier molecular flexibility index (Phi) is 6.26. The molecule has 1 N–H and O–H groups in total. The van der Waals surface area contributed by atoms with E-state index in [-0.39, 0.29) is 16.3 Å². The van der Waals surface area contributed by atoms with Gasteiger partial charge in [0.05, 0.1) is 37.1 Å². The third-order valence-electron chi connectivity index (χ3n) is 6.08. The van der Waals surface area contributed by atoms with Crippen molar-refractivity contribution in [3.05, 3.63) is 83.2 Å². The monoisotopic (exact) mass is 520 g/mol. The number of rotatable bonds is 6. The van der Waals surface area contributed by atoms with Gasteiger partial charge in [0.1, 0.15) is 34.9 Å². The second kappa shape index (κ2) is 9.55. The number of ketones is 1. The number of aliphatic hydroxyl groups excluding tert-OH is 1. The lowest BCUT2D eigenvalue weighted by Crippen LogP contribution is -2.29. The highest BCUT2D eigenvalue weighted by molar-refractivity contribution is 7.22. The zero-order valence-electron chi connectivity index (χ0n) is 20.0. The van der Waals surface area contributed by atoms with Gasteiger partial charge in [-0.05, 0) is 60.7 Å². The normalized spacial score (nSPS) is 16.9. The Labute approximate surface area is 215 Å².